The standard InChI is InChI=1S/C4H5O2/c5-3-6-4-1-2-4/h3H,1-2H2. The minimum Gasteiger partial charge on any atom is -0.457 e. The van der Waals surface area contributed by atoms with Crippen molar-refractivity contribution in [1.29, 1.82) is 0 Å². The Kier molecular flexibility index (Phi) is 0.783. The first-order valence-electron chi connectivity index (χ1n) is 1.88. The van der Waals surface area contributed by atoms with Crippen molar-refractivity contribution >= 4 is 6.47 Å². The normalized spacial score (nSPS) is 20.0. The molecule has 1 rings (SSSR count). The first kappa shape index (κ1) is 3.65. The molecule has 1 radical (unpaired) electrons. The van der Waals surface area contributed by atoms with E-state index < -0.39 is 0 Å². The van der Waals surface area contributed by atoms with E-state index in [1.165, 1.54) is 0 Å². The molecule has 0 bridgehead atoms. The van der Waals surface area contributed by atoms with Crippen LogP contribution in [0.5, 0.6) is 0 Å². The van der Waals surface area contributed by atoms with E-state index >= 15 is 0 Å². The van der Waals surface area contributed by atoms with Gasteiger partial charge in [-0.05, 0) is 12.8 Å². The van der Waals surface area contributed by atoms with Crippen molar-refractivity contribution in [3.8, 4) is 0 Å². The highest BCUT2D eigenvalue weighted by atomic mass is 16.5. The number of carbonyl (C=O) groups is 1. The minimum absolute atomic E-state index is 0.475. The van der Waals surface area contributed by atoms with Gasteiger partial charge in [-0.25, -0.2) is 0 Å². The van der Waals surface area contributed by atoms with Crippen LogP contribution in [0, 0.1) is 6.10 Å². The van der Waals surface area contributed by atoms with Gasteiger partial charge in [0.25, 0.3) is 6.47 Å². The van der Waals surface area contributed by atoms with Gasteiger partial charge < -0.3 is 4.74 Å². The lowest BCUT2D eigenvalue weighted by molar-refractivity contribution is -0.126. The summed E-state index contributed by atoms with van der Waals surface area (Å²) in [6, 6.07) is 0. The molecule has 1 aliphatic carbocycles. The van der Waals surface area contributed by atoms with E-state index in [9.17, 15) is 4.79 Å². The van der Waals surface area contributed by atoms with Crippen molar-refractivity contribution in [2.45, 2.75) is 12.8 Å². The van der Waals surface area contributed by atoms with Crippen molar-refractivity contribution in [3.05, 3.63) is 6.10 Å². The van der Waals surface area contributed by atoms with Crippen LogP contribution in [0.3, 0.4) is 0 Å². The monoisotopic (exact) mass is 85.0 g/mol. The molecule has 1 aliphatic rings. The molecule has 0 heterocycles. The molecule has 0 aromatic carbocycles. The largest absolute Gasteiger partial charge is 0.457 e. The SMILES string of the molecule is O=CO[C]1CC1. The summed E-state index contributed by atoms with van der Waals surface area (Å²) in [7, 11) is 0. The van der Waals surface area contributed by atoms with E-state index in [1.807, 2.05) is 0 Å². The fourth-order valence-corrected chi connectivity index (χ4v) is 0.237. The van der Waals surface area contributed by atoms with Crippen LogP contribution in [0.15, 0.2) is 0 Å². The Hall–Kier alpha value is -0.530. The van der Waals surface area contributed by atoms with Gasteiger partial charge in [0.2, 0.25) is 0 Å². The van der Waals surface area contributed by atoms with Crippen molar-refractivity contribution in [3.63, 3.8) is 0 Å². The van der Waals surface area contributed by atoms with Gasteiger partial charge in [-0.2, -0.15) is 0 Å². The van der Waals surface area contributed by atoms with Gasteiger partial charge in [0.15, 0.2) is 6.10 Å². The van der Waals surface area contributed by atoms with Crippen LogP contribution >= 0.6 is 0 Å². The summed E-state index contributed by atoms with van der Waals surface area (Å²) < 4.78 is 4.39. The molecule has 1 fully saturated rings. The van der Waals surface area contributed by atoms with Gasteiger partial charge >= 0.3 is 0 Å². The molecule has 0 aromatic heterocycles. The van der Waals surface area contributed by atoms with Crippen molar-refractivity contribution in [2.24, 2.45) is 0 Å². The lowest BCUT2D eigenvalue weighted by Crippen LogP contribution is -1.77. The third-order valence-corrected chi connectivity index (χ3v) is 0.669. The lowest BCUT2D eigenvalue weighted by atomic mass is 10.8. The molecule has 0 atom stereocenters. The average Bonchev–Trinajstić information content (AvgIpc) is 2.21. The average molecular weight is 85.1 g/mol. The summed E-state index contributed by atoms with van der Waals surface area (Å²) in [5, 5.41) is 0. The molecular formula is C4H5O2. The Morgan fingerprint density at radius 2 is 2.33 bits per heavy atom. The molecule has 33 valence electrons. The summed E-state index contributed by atoms with van der Waals surface area (Å²) in [5.74, 6) is 0. The lowest BCUT2D eigenvalue weighted by Gasteiger charge is -1.81. The van der Waals surface area contributed by atoms with Crippen LogP contribution in [-0.2, 0) is 9.53 Å². The predicted octanol–water partition coefficient (Wildman–Crippen LogP) is 0.485. The Bertz CT molecular complexity index is 56.6. The highest BCUT2D eigenvalue weighted by molar-refractivity contribution is 5.40. The van der Waals surface area contributed by atoms with Crippen LogP contribution in [-0.4, -0.2) is 6.47 Å². The van der Waals surface area contributed by atoms with E-state index in [0.29, 0.717) is 6.47 Å². The molecule has 0 amide bonds. The molecule has 6 heavy (non-hydrogen) atoms. The quantitative estimate of drug-likeness (QED) is 0.456. The van der Waals surface area contributed by atoms with Crippen LogP contribution in [0.25, 0.3) is 0 Å². The third-order valence-electron chi connectivity index (χ3n) is 0.669. The molecular weight excluding hydrogens is 80.0 g/mol. The molecule has 0 unspecified atom stereocenters. The number of rotatable bonds is 2. The topological polar surface area (TPSA) is 26.3 Å². The maximum atomic E-state index is 9.41. The second-order valence-electron chi connectivity index (χ2n) is 1.25. The predicted molar refractivity (Wildman–Crippen MR) is 19.6 cm³/mol. The second kappa shape index (κ2) is 1.29. The van der Waals surface area contributed by atoms with Gasteiger partial charge in [0.1, 0.15) is 0 Å². The van der Waals surface area contributed by atoms with E-state index in [2.05, 4.69) is 4.74 Å². The molecule has 0 spiro atoms. The van der Waals surface area contributed by atoms with Crippen molar-refractivity contribution < 1.29 is 9.53 Å². The summed E-state index contributed by atoms with van der Waals surface area (Å²) in [5.41, 5.74) is 0. The molecule has 0 N–H and O–H groups in total. The van der Waals surface area contributed by atoms with Crippen LogP contribution in [0.4, 0.5) is 0 Å². The summed E-state index contributed by atoms with van der Waals surface area (Å²) >= 11 is 0. The maximum absolute atomic E-state index is 9.41. The van der Waals surface area contributed by atoms with Gasteiger partial charge in [-0.3, -0.25) is 4.79 Å². The number of hydrogen-bond donors (Lipinski definition) is 0. The van der Waals surface area contributed by atoms with E-state index in [4.69, 9.17) is 0 Å². The Morgan fingerprint density at radius 3 is 2.50 bits per heavy atom. The zero-order valence-electron chi connectivity index (χ0n) is 3.31. The fourth-order valence-electron chi connectivity index (χ4n) is 0.237. The molecule has 0 aliphatic heterocycles. The highest BCUT2D eigenvalue weighted by Crippen LogP contribution is 2.31. The maximum Gasteiger partial charge on any atom is 0.293 e. The van der Waals surface area contributed by atoms with Crippen LogP contribution in [0.2, 0.25) is 0 Å². The third kappa shape index (κ3) is 0.708. The first-order valence-corrected chi connectivity index (χ1v) is 1.88. The first-order chi connectivity index (χ1) is 2.93. The number of hydrogen-bond acceptors (Lipinski definition) is 2. The van der Waals surface area contributed by atoms with E-state index in [1.54, 1.807) is 0 Å². The molecule has 0 aromatic rings. The van der Waals surface area contributed by atoms with Crippen molar-refractivity contribution in [1.82, 2.24) is 0 Å². The van der Waals surface area contributed by atoms with Crippen LogP contribution < -0.4 is 0 Å². The summed E-state index contributed by atoms with van der Waals surface area (Å²) in [6.45, 7) is 0.475. The van der Waals surface area contributed by atoms with Gasteiger partial charge in [0.05, 0.1) is 0 Å². The molecule has 2 nitrogen and oxygen atoms in total. The summed E-state index contributed by atoms with van der Waals surface area (Å²) in [6.07, 6.45) is 2.89. The van der Waals surface area contributed by atoms with Gasteiger partial charge in [-0.1, -0.05) is 0 Å². The number of carbonyl (C=O) groups excluding carboxylic acids is 1. The Labute approximate surface area is 36.1 Å². The van der Waals surface area contributed by atoms with E-state index in [0.717, 1.165) is 18.9 Å². The van der Waals surface area contributed by atoms with Crippen molar-refractivity contribution in [2.75, 3.05) is 0 Å². The van der Waals surface area contributed by atoms with Gasteiger partial charge in [0, 0.05) is 0 Å². The molecule has 1 saturated carbocycles. The van der Waals surface area contributed by atoms with Gasteiger partial charge in [-0.15, -0.1) is 0 Å². The number of ether oxygens (including phenoxy) is 1. The zero-order valence-corrected chi connectivity index (χ0v) is 3.31. The smallest absolute Gasteiger partial charge is 0.293 e. The van der Waals surface area contributed by atoms with Crippen LogP contribution in [0.1, 0.15) is 12.8 Å². The summed E-state index contributed by atoms with van der Waals surface area (Å²) in [4.78, 5) is 9.41. The Morgan fingerprint density at radius 1 is 1.67 bits per heavy atom. The zero-order chi connectivity index (χ0) is 4.41. The molecule has 2 heteroatoms. The Balaban J connectivity index is 2.00. The van der Waals surface area contributed by atoms with E-state index in [-0.39, 0.29) is 0 Å². The minimum atomic E-state index is 0.475. The highest BCUT2D eigenvalue weighted by Gasteiger charge is 2.24. The molecule has 0 saturated heterocycles. The fraction of sp³-hybridized carbons (Fsp3) is 0.500. The second-order valence-corrected chi connectivity index (χ2v) is 1.25.